The van der Waals surface area contributed by atoms with E-state index in [0.29, 0.717) is 43.3 Å². The van der Waals surface area contributed by atoms with E-state index in [2.05, 4.69) is 27.9 Å². The number of nitrogens with zero attached hydrogens (tertiary/aromatic N) is 1. The quantitative estimate of drug-likeness (QED) is 0.636. The summed E-state index contributed by atoms with van der Waals surface area (Å²) in [6.45, 7) is 1.48. The molecule has 0 aliphatic carbocycles. The van der Waals surface area contributed by atoms with E-state index in [1.807, 2.05) is 0 Å². The second kappa shape index (κ2) is 8.55. The Kier molecular flexibility index (Phi) is 6.35. The number of halogens is 1. The minimum absolute atomic E-state index is 0.196. The molecule has 27 heavy (non-hydrogen) atoms. The highest BCUT2D eigenvalue weighted by molar-refractivity contribution is 14.1. The first kappa shape index (κ1) is 20.1. The van der Waals surface area contributed by atoms with Crippen molar-refractivity contribution in [1.82, 2.24) is 4.31 Å². The largest absolute Gasteiger partial charge is 0.496 e. The number of amides is 1. The predicted octanol–water partition coefficient (Wildman–Crippen LogP) is 2.57. The molecule has 1 saturated heterocycles. The van der Waals surface area contributed by atoms with Crippen molar-refractivity contribution in [3.63, 3.8) is 0 Å². The van der Waals surface area contributed by atoms with Crippen LogP contribution in [0, 0.1) is 3.57 Å². The van der Waals surface area contributed by atoms with Gasteiger partial charge in [0.25, 0.3) is 5.91 Å². The van der Waals surface area contributed by atoms with Crippen LogP contribution < -0.4 is 10.1 Å². The van der Waals surface area contributed by atoms with Crippen molar-refractivity contribution in [2.24, 2.45) is 0 Å². The second-order valence-corrected chi connectivity index (χ2v) is 8.94. The summed E-state index contributed by atoms with van der Waals surface area (Å²) in [6, 6.07) is 11.3. The number of hydrogen-bond acceptors (Lipinski definition) is 5. The lowest BCUT2D eigenvalue weighted by Crippen LogP contribution is -2.40. The molecule has 0 saturated carbocycles. The first-order valence-electron chi connectivity index (χ1n) is 8.24. The predicted molar refractivity (Wildman–Crippen MR) is 110 cm³/mol. The normalized spacial score (nSPS) is 15.3. The number of carbonyl (C=O) groups excluding carboxylic acids is 1. The highest BCUT2D eigenvalue weighted by atomic mass is 127. The highest BCUT2D eigenvalue weighted by Crippen LogP contribution is 2.23. The van der Waals surface area contributed by atoms with E-state index < -0.39 is 10.0 Å². The molecule has 1 amide bonds. The Balaban J connectivity index is 1.72. The summed E-state index contributed by atoms with van der Waals surface area (Å²) in [5, 5.41) is 2.77. The van der Waals surface area contributed by atoms with Crippen molar-refractivity contribution in [1.29, 1.82) is 0 Å². The Bertz CT molecular complexity index is 925. The zero-order valence-electron chi connectivity index (χ0n) is 14.6. The van der Waals surface area contributed by atoms with Gasteiger partial charge in [0.2, 0.25) is 10.0 Å². The standard InChI is InChI=1S/C18H19IN2O5S/c1-25-17-7-2-13(12-16(17)19)18(22)20-14-3-5-15(6-4-14)27(23,24)21-8-10-26-11-9-21/h2-7,12H,8-11H2,1H3,(H,20,22). The first-order chi connectivity index (χ1) is 12.9. The smallest absolute Gasteiger partial charge is 0.255 e. The number of morpholine rings is 1. The number of anilines is 1. The minimum Gasteiger partial charge on any atom is -0.496 e. The lowest BCUT2D eigenvalue weighted by Gasteiger charge is -2.26. The number of rotatable bonds is 5. The highest BCUT2D eigenvalue weighted by Gasteiger charge is 2.26. The maximum Gasteiger partial charge on any atom is 0.255 e. The maximum atomic E-state index is 12.6. The first-order valence-corrected chi connectivity index (χ1v) is 10.8. The van der Waals surface area contributed by atoms with Gasteiger partial charge in [-0.2, -0.15) is 4.31 Å². The van der Waals surface area contributed by atoms with Gasteiger partial charge in [-0.05, 0) is 65.1 Å². The van der Waals surface area contributed by atoms with E-state index in [0.717, 1.165) is 3.57 Å². The summed E-state index contributed by atoms with van der Waals surface area (Å²) in [6.07, 6.45) is 0. The number of methoxy groups -OCH3 is 1. The Morgan fingerprint density at radius 2 is 1.81 bits per heavy atom. The summed E-state index contributed by atoms with van der Waals surface area (Å²) in [4.78, 5) is 12.6. The molecule has 0 spiro atoms. The lowest BCUT2D eigenvalue weighted by molar-refractivity contribution is 0.0730. The molecule has 0 bridgehead atoms. The Hall–Kier alpha value is -1.69. The monoisotopic (exact) mass is 502 g/mol. The zero-order chi connectivity index (χ0) is 19.4. The van der Waals surface area contributed by atoms with Gasteiger partial charge in [-0.3, -0.25) is 4.79 Å². The summed E-state index contributed by atoms with van der Waals surface area (Å²) < 4.78 is 37.8. The lowest BCUT2D eigenvalue weighted by atomic mass is 10.2. The number of nitrogens with one attached hydrogen (secondary N) is 1. The van der Waals surface area contributed by atoms with Crippen LogP contribution in [0.3, 0.4) is 0 Å². The molecule has 0 atom stereocenters. The maximum absolute atomic E-state index is 12.6. The van der Waals surface area contributed by atoms with Crippen molar-refractivity contribution in [2.75, 3.05) is 38.7 Å². The van der Waals surface area contributed by atoms with Gasteiger partial charge in [-0.15, -0.1) is 0 Å². The van der Waals surface area contributed by atoms with Crippen molar-refractivity contribution in [3.8, 4) is 5.75 Å². The molecule has 2 aromatic carbocycles. The SMILES string of the molecule is COc1ccc(C(=O)Nc2ccc(S(=O)(=O)N3CCOCC3)cc2)cc1I. The average molecular weight is 502 g/mol. The van der Waals surface area contributed by atoms with Gasteiger partial charge in [0.1, 0.15) is 5.75 Å². The van der Waals surface area contributed by atoms with Gasteiger partial charge in [0, 0.05) is 24.3 Å². The summed E-state index contributed by atoms with van der Waals surface area (Å²) in [5.74, 6) is 0.421. The molecule has 9 heteroatoms. The van der Waals surface area contributed by atoms with Crippen molar-refractivity contribution >= 4 is 44.2 Å². The van der Waals surface area contributed by atoms with Gasteiger partial charge in [-0.25, -0.2) is 8.42 Å². The molecule has 3 rings (SSSR count). The Morgan fingerprint density at radius 3 is 2.41 bits per heavy atom. The van der Waals surface area contributed by atoms with Crippen LogP contribution in [0.1, 0.15) is 10.4 Å². The Morgan fingerprint density at radius 1 is 1.15 bits per heavy atom. The van der Waals surface area contributed by atoms with Crippen LogP contribution in [0.15, 0.2) is 47.4 Å². The van der Waals surface area contributed by atoms with Crippen molar-refractivity contribution in [3.05, 3.63) is 51.6 Å². The van der Waals surface area contributed by atoms with Gasteiger partial charge in [-0.1, -0.05) is 0 Å². The molecule has 1 fully saturated rings. The van der Waals surface area contributed by atoms with Crippen LogP contribution in [-0.4, -0.2) is 52.0 Å². The van der Waals surface area contributed by atoms with E-state index in [9.17, 15) is 13.2 Å². The molecule has 0 radical (unpaired) electrons. The van der Waals surface area contributed by atoms with E-state index in [1.165, 1.54) is 16.4 Å². The minimum atomic E-state index is -3.55. The third-order valence-corrected chi connectivity index (χ3v) is 6.89. The molecule has 1 aliphatic rings. The molecule has 1 heterocycles. The van der Waals surface area contributed by atoms with E-state index in [1.54, 1.807) is 37.4 Å². The summed E-state index contributed by atoms with van der Waals surface area (Å²) >= 11 is 2.10. The van der Waals surface area contributed by atoms with Gasteiger partial charge < -0.3 is 14.8 Å². The van der Waals surface area contributed by atoms with Gasteiger partial charge in [0.05, 0.1) is 28.8 Å². The van der Waals surface area contributed by atoms with Crippen LogP contribution >= 0.6 is 22.6 Å². The average Bonchev–Trinajstić information content (AvgIpc) is 2.69. The topological polar surface area (TPSA) is 84.9 Å². The molecular formula is C18H19IN2O5S. The van der Waals surface area contributed by atoms with Gasteiger partial charge >= 0.3 is 0 Å². The number of carbonyl (C=O) groups is 1. The molecule has 0 aromatic heterocycles. The van der Waals surface area contributed by atoms with E-state index >= 15 is 0 Å². The third-order valence-electron chi connectivity index (χ3n) is 4.13. The summed E-state index contributed by atoms with van der Waals surface area (Å²) in [5.41, 5.74) is 1.01. The number of hydrogen-bond donors (Lipinski definition) is 1. The number of ether oxygens (including phenoxy) is 2. The second-order valence-electron chi connectivity index (χ2n) is 5.84. The van der Waals surface area contributed by atoms with Crippen LogP contribution in [0.4, 0.5) is 5.69 Å². The number of benzene rings is 2. The van der Waals surface area contributed by atoms with Crippen LogP contribution in [0.5, 0.6) is 5.75 Å². The molecule has 1 aliphatic heterocycles. The fraction of sp³-hybridized carbons (Fsp3) is 0.278. The fourth-order valence-electron chi connectivity index (χ4n) is 2.66. The van der Waals surface area contributed by atoms with E-state index in [4.69, 9.17) is 9.47 Å². The van der Waals surface area contributed by atoms with Crippen LogP contribution in [0.25, 0.3) is 0 Å². The molecule has 0 unspecified atom stereocenters. The molecule has 2 aromatic rings. The Labute approximate surface area is 171 Å². The molecule has 144 valence electrons. The van der Waals surface area contributed by atoms with Crippen molar-refractivity contribution < 1.29 is 22.7 Å². The molecule has 1 N–H and O–H groups in total. The molecular weight excluding hydrogens is 483 g/mol. The number of sulfonamides is 1. The fourth-order valence-corrected chi connectivity index (χ4v) is 4.80. The van der Waals surface area contributed by atoms with E-state index in [-0.39, 0.29) is 10.8 Å². The zero-order valence-corrected chi connectivity index (χ0v) is 17.6. The van der Waals surface area contributed by atoms with Crippen LogP contribution in [-0.2, 0) is 14.8 Å². The van der Waals surface area contributed by atoms with Gasteiger partial charge in [0.15, 0.2) is 0 Å². The van der Waals surface area contributed by atoms with Crippen molar-refractivity contribution in [2.45, 2.75) is 4.90 Å². The molecule has 7 nitrogen and oxygen atoms in total. The summed E-state index contributed by atoms with van der Waals surface area (Å²) in [7, 11) is -1.97. The third kappa shape index (κ3) is 4.60. The van der Waals surface area contributed by atoms with Crippen LogP contribution in [0.2, 0.25) is 0 Å².